The number of carbonyl (C=O) groups excluding carboxylic acids is 1. The number of anilines is 2. The minimum Gasteiger partial charge on any atom is -0.376 e. The number of benzene rings is 1. The van der Waals surface area contributed by atoms with Crippen LogP contribution in [0, 0.1) is 0 Å². The molecule has 100 valence electrons. The Balaban J connectivity index is 2.76. The van der Waals surface area contributed by atoms with Crippen LogP contribution in [0.25, 0.3) is 0 Å². The Labute approximate surface area is 117 Å². The third-order valence-electron chi connectivity index (χ3n) is 2.39. The predicted molar refractivity (Wildman–Crippen MR) is 80.2 cm³/mol. The summed E-state index contributed by atoms with van der Waals surface area (Å²) in [6, 6.07) is 6.13. The normalized spacial score (nSPS) is 10.6. The van der Waals surface area contributed by atoms with Gasteiger partial charge in [0.05, 0.1) is 17.9 Å². The van der Waals surface area contributed by atoms with Crippen molar-refractivity contribution >= 4 is 33.2 Å². The predicted octanol–water partition coefficient (Wildman–Crippen LogP) is 2.45. The van der Waals surface area contributed by atoms with Crippen LogP contribution in [-0.2, 0) is 4.79 Å². The van der Waals surface area contributed by atoms with Gasteiger partial charge in [0.1, 0.15) is 0 Å². The molecular formula is C13H20BrN3O. The van der Waals surface area contributed by atoms with E-state index in [0.717, 1.165) is 15.8 Å². The van der Waals surface area contributed by atoms with Gasteiger partial charge in [-0.1, -0.05) is 29.8 Å². The van der Waals surface area contributed by atoms with Gasteiger partial charge in [0.15, 0.2) is 0 Å². The summed E-state index contributed by atoms with van der Waals surface area (Å²) in [5.74, 6) is -0.0371. The van der Waals surface area contributed by atoms with E-state index in [4.69, 9.17) is 0 Å². The molecule has 1 aromatic rings. The average molecular weight is 314 g/mol. The highest BCUT2D eigenvalue weighted by atomic mass is 79.9. The summed E-state index contributed by atoms with van der Waals surface area (Å²) in [6.07, 6.45) is 0. The first-order chi connectivity index (χ1) is 8.40. The van der Waals surface area contributed by atoms with Crippen LogP contribution in [0.2, 0.25) is 0 Å². The van der Waals surface area contributed by atoms with Crippen LogP contribution in [-0.4, -0.2) is 32.6 Å². The molecule has 0 radical (unpaired) electrons. The fourth-order valence-corrected chi connectivity index (χ4v) is 1.85. The van der Waals surface area contributed by atoms with Crippen molar-refractivity contribution < 1.29 is 4.79 Å². The van der Waals surface area contributed by atoms with Crippen molar-refractivity contribution in [2.75, 3.05) is 30.9 Å². The van der Waals surface area contributed by atoms with Gasteiger partial charge in [-0.15, -0.1) is 0 Å². The van der Waals surface area contributed by atoms with E-state index in [1.165, 1.54) is 0 Å². The maximum Gasteiger partial charge on any atom is 0.238 e. The van der Waals surface area contributed by atoms with Crippen LogP contribution in [0.1, 0.15) is 13.8 Å². The molecule has 0 spiro atoms. The van der Waals surface area contributed by atoms with E-state index in [1.54, 1.807) is 0 Å². The summed E-state index contributed by atoms with van der Waals surface area (Å²) >= 11 is 3.41. The molecule has 1 amide bonds. The lowest BCUT2D eigenvalue weighted by molar-refractivity contribution is -0.115. The third-order valence-corrected chi connectivity index (χ3v) is 2.88. The Morgan fingerprint density at radius 3 is 2.61 bits per heavy atom. The molecule has 1 rings (SSSR count). The van der Waals surface area contributed by atoms with E-state index in [1.807, 2.05) is 51.0 Å². The van der Waals surface area contributed by atoms with Crippen LogP contribution in [0.15, 0.2) is 22.7 Å². The van der Waals surface area contributed by atoms with Crippen LogP contribution in [0.5, 0.6) is 0 Å². The monoisotopic (exact) mass is 313 g/mol. The molecule has 0 unspecified atom stereocenters. The van der Waals surface area contributed by atoms with Crippen LogP contribution >= 0.6 is 15.9 Å². The van der Waals surface area contributed by atoms with Crippen molar-refractivity contribution in [3.05, 3.63) is 22.7 Å². The van der Waals surface area contributed by atoms with Crippen LogP contribution in [0.4, 0.5) is 11.4 Å². The summed E-state index contributed by atoms with van der Waals surface area (Å²) in [5, 5.41) is 6.01. The number of nitrogens with zero attached hydrogens (tertiary/aromatic N) is 1. The first kappa shape index (κ1) is 15.0. The Kier molecular flexibility index (Phi) is 5.62. The molecule has 2 N–H and O–H groups in total. The Bertz CT molecular complexity index is 419. The molecular weight excluding hydrogens is 294 g/mol. The summed E-state index contributed by atoms with van der Waals surface area (Å²) in [5.41, 5.74) is 1.79. The minimum absolute atomic E-state index is 0.0371. The van der Waals surface area contributed by atoms with Crippen molar-refractivity contribution in [1.29, 1.82) is 0 Å². The highest BCUT2D eigenvalue weighted by molar-refractivity contribution is 9.10. The van der Waals surface area contributed by atoms with Gasteiger partial charge in [0.25, 0.3) is 0 Å². The van der Waals surface area contributed by atoms with Gasteiger partial charge in [-0.05, 0) is 18.2 Å². The molecule has 18 heavy (non-hydrogen) atoms. The van der Waals surface area contributed by atoms with E-state index in [9.17, 15) is 4.79 Å². The van der Waals surface area contributed by atoms with Gasteiger partial charge in [0, 0.05) is 24.6 Å². The number of carbonyl (C=O) groups is 1. The number of amides is 1. The Hall–Kier alpha value is -1.07. The van der Waals surface area contributed by atoms with Crippen molar-refractivity contribution in [2.24, 2.45) is 0 Å². The highest BCUT2D eigenvalue weighted by Crippen LogP contribution is 2.27. The lowest BCUT2D eigenvalue weighted by Gasteiger charge is -2.18. The number of hydrogen-bond acceptors (Lipinski definition) is 3. The number of halogens is 1. The lowest BCUT2D eigenvalue weighted by Crippen LogP contribution is -2.33. The first-order valence-electron chi connectivity index (χ1n) is 5.90. The molecule has 0 aromatic heterocycles. The zero-order chi connectivity index (χ0) is 13.7. The summed E-state index contributed by atoms with van der Waals surface area (Å²) in [6.45, 7) is 4.34. The standard InChI is InChI=1S/C13H20BrN3O/c1-9(2)15-8-13(18)16-11-7-10(14)5-6-12(11)17(3)4/h5-7,9,15H,8H2,1-4H3,(H,16,18). The SMILES string of the molecule is CC(C)NCC(=O)Nc1cc(Br)ccc1N(C)C. The van der Waals surface area contributed by atoms with Crippen molar-refractivity contribution in [3.8, 4) is 0 Å². The lowest BCUT2D eigenvalue weighted by atomic mass is 10.2. The highest BCUT2D eigenvalue weighted by Gasteiger charge is 2.09. The number of nitrogens with one attached hydrogen (secondary N) is 2. The summed E-state index contributed by atoms with van der Waals surface area (Å²) < 4.78 is 0.945. The smallest absolute Gasteiger partial charge is 0.238 e. The fraction of sp³-hybridized carbons (Fsp3) is 0.462. The molecule has 1 aromatic carbocycles. The second-order valence-corrected chi connectivity index (χ2v) is 5.56. The Morgan fingerprint density at radius 2 is 2.06 bits per heavy atom. The topological polar surface area (TPSA) is 44.4 Å². The van der Waals surface area contributed by atoms with Crippen molar-refractivity contribution in [1.82, 2.24) is 5.32 Å². The van der Waals surface area contributed by atoms with Gasteiger partial charge in [-0.25, -0.2) is 0 Å². The molecule has 0 atom stereocenters. The number of rotatable bonds is 5. The molecule has 0 bridgehead atoms. The molecule has 5 heteroatoms. The molecule has 4 nitrogen and oxygen atoms in total. The minimum atomic E-state index is -0.0371. The zero-order valence-corrected chi connectivity index (χ0v) is 12.8. The first-order valence-corrected chi connectivity index (χ1v) is 6.69. The fourth-order valence-electron chi connectivity index (χ4n) is 1.49. The third kappa shape index (κ3) is 4.66. The van der Waals surface area contributed by atoms with E-state index >= 15 is 0 Å². The van der Waals surface area contributed by atoms with Crippen LogP contribution in [0.3, 0.4) is 0 Å². The number of hydrogen-bond donors (Lipinski definition) is 2. The Morgan fingerprint density at radius 1 is 1.39 bits per heavy atom. The molecule has 0 heterocycles. The second kappa shape index (κ2) is 6.75. The average Bonchev–Trinajstić information content (AvgIpc) is 2.26. The zero-order valence-electron chi connectivity index (χ0n) is 11.2. The quantitative estimate of drug-likeness (QED) is 0.877. The summed E-state index contributed by atoms with van der Waals surface area (Å²) in [7, 11) is 3.90. The summed E-state index contributed by atoms with van der Waals surface area (Å²) in [4.78, 5) is 13.8. The van der Waals surface area contributed by atoms with Crippen LogP contribution < -0.4 is 15.5 Å². The molecule has 0 aliphatic rings. The van der Waals surface area contributed by atoms with Gasteiger partial charge in [-0.3, -0.25) is 4.79 Å². The molecule has 0 aliphatic heterocycles. The van der Waals surface area contributed by atoms with Crippen molar-refractivity contribution in [2.45, 2.75) is 19.9 Å². The second-order valence-electron chi connectivity index (χ2n) is 4.64. The molecule has 0 saturated carbocycles. The van der Waals surface area contributed by atoms with Gasteiger partial charge in [0.2, 0.25) is 5.91 Å². The van der Waals surface area contributed by atoms with E-state index in [0.29, 0.717) is 12.6 Å². The molecule has 0 saturated heterocycles. The molecule has 0 aliphatic carbocycles. The van der Waals surface area contributed by atoms with Gasteiger partial charge in [-0.2, -0.15) is 0 Å². The van der Waals surface area contributed by atoms with E-state index in [2.05, 4.69) is 26.6 Å². The van der Waals surface area contributed by atoms with E-state index < -0.39 is 0 Å². The largest absolute Gasteiger partial charge is 0.376 e. The maximum absolute atomic E-state index is 11.8. The van der Waals surface area contributed by atoms with Gasteiger partial charge < -0.3 is 15.5 Å². The maximum atomic E-state index is 11.8. The molecule has 0 fully saturated rings. The van der Waals surface area contributed by atoms with Gasteiger partial charge >= 0.3 is 0 Å². The van der Waals surface area contributed by atoms with Crippen molar-refractivity contribution in [3.63, 3.8) is 0 Å². The van der Waals surface area contributed by atoms with E-state index in [-0.39, 0.29) is 5.91 Å².